The molecule has 0 bridgehead atoms. The molecule has 6 nitrogen and oxygen atoms in total. The van der Waals surface area contributed by atoms with Crippen molar-refractivity contribution in [2.24, 2.45) is 7.05 Å². The molecule has 1 heterocycles. The molecule has 1 atom stereocenters. The number of aromatic nitrogens is 2. The number of carboxylic acids is 1. The van der Waals surface area contributed by atoms with Crippen LogP contribution in [0.5, 0.6) is 0 Å². The molecule has 0 aliphatic carbocycles. The van der Waals surface area contributed by atoms with Crippen LogP contribution in [0.15, 0.2) is 12.4 Å². The second-order valence-corrected chi connectivity index (χ2v) is 4.20. The molecule has 6 heteroatoms. The van der Waals surface area contributed by atoms with Crippen LogP contribution in [-0.4, -0.2) is 46.4 Å². The zero-order chi connectivity index (χ0) is 12.9. The number of imidazole rings is 1. The molecule has 1 unspecified atom stereocenters. The Balaban J connectivity index is 2.48. The van der Waals surface area contributed by atoms with Crippen LogP contribution in [0, 0.1) is 0 Å². The Bertz CT molecular complexity index is 378. The summed E-state index contributed by atoms with van der Waals surface area (Å²) in [7, 11) is 3.40. The van der Waals surface area contributed by atoms with Crippen molar-refractivity contribution in [3.05, 3.63) is 18.2 Å². The maximum atomic E-state index is 11.1. The van der Waals surface area contributed by atoms with Crippen LogP contribution in [0.25, 0.3) is 0 Å². The van der Waals surface area contributed by atoms with Gasteiger partial charge in [0.15, 0.2) is 0 Å². The maximum absolute atomic E-state index is 11.1. The third kappa shape index (κ3) is 3.54. The van der Waals surface area contributed by atoms with Gasteiger partial charge in [-0.15, -0.1) is 0 Å². The predicted molar refractivity (Wildman–Crippen MR) is 62.8 cm³/mol. The molecule has 2 N–H and O–H groups in total. The zero-order valence-electron chi connectivity index (χ0n) is 10.4. The van der Waals surface area contributed by atoms with Crippen LogP contribution in [-0.2, 0) is 23.0 Å². The highest BCUT2D eigenvalue weighted by Gasteiger charge is 2.32. The number of carbonyl (C=O) groups is 1. The van der Waals surface area contributed by atoms with Gasteiger partial charge in [-0.2, -0.15) is 0 Å². The lowest BCUT2D eigenvalue weighted by atomic mass is 10.0. The Morgan fingerprint density at radius 1 is 1.71 bits per heavy atom. The lowest BCUT2D eigenvalue weighted by Crippen LogP contribution is -2.53. The summed E-state index contributed by atoms with van der Waals surface area (Å²) in [6.45, 7) is 2.27. The van der Waals surface area contributed by atoms with E-state index in [0.717, 1.165) is 5.82 Å². The van der Waals surface area contributed by atoms with Crippen molar-refractivity contribution in [1.82, 2.24) is 14.9 Å². The number of nitrogens with zero attached hydrogens (tertiary/aromatic N) is 2. The number of hydrogen-bond acceptors (Lipinski definition) is 4. The molecule has 0 aliphatic heterocycles. The second-order valence-electron chi connectivity index (χ2n) is 4.20. The SMILES string of the molecule is COCC(C)(NCCc1nccn1C)C(=O)O. The third-order valence-electron chi connectivity index (χ3n) is 2.69. The van der Waals surface area contributed by atoms with E-state index in [1.54, 1.807) is 13.1 Å². The third-order valence-corrected chi connectivity index (χ3v) is 2.69. The molecular weight excluding hydrogens is 222 g/mol. The summed E-state index contributed by atoms with van der Waals surface area (Å²) in [5.41, 5.74) is -1.06. The van der Waals surface area contributed by atoms with Gasteiger partial charge in [-0.25, -0.2) is 4.98 Å². The average molecular weight is 241 g/mol. The molecule has 0 fully saturated rings. The van der Waals surface area contributed by atoms with Crippen molar-refractivity contribution in [1.29, 1.82) is 0 Å². The van der Waals surface area contributed by atoms with E-state index in [9.17, 15) is 4.79 Å². The molecule has 1 aromatic rings. The monoisotopic (exact) mass is 241 g/mol. The van der Waals surface area contributed by atoms with Gasteiger partial charge in [0.25, 0.3) is 0 Å². The van der Waals surface area contributed by atoms with E-state index < -0.39 is 11.5 Å². The zero-order valence-corrected chi connectivity index (χ0v) is 10.4. The standard InChI is InChI=1S/C11H19N3O3/c1-11(8-17-3,10(15)16)13-5-4-9-12-6-7-14(9)2/h6-7,13H,4-5,8H2,1-3H3,(H,15,16). The van der Waals surface area contributed by atoms with Crippen LogP contribution < -0.4 is 5.32 Å². The van der Waals surface area contributed by atoms with Crippen LogP contribution >= 0.6 is 0 Å². The van der Waals surface area contributed by atoms with Gasteiger partial charge in [0.1, 0.15) is 11.4 Å². The summed E-state index contributed by atoms with van der Waals surface area (Å²) >= 11 is 0. The first-order valence-corrected chi connectivity index (χ1v) is 5.43. The number of rotatable bonds is 7. The quantitative estimate of drug-likeness (QED) is 0.705. The second kappa shape index (κ2) is 5.79. The highest BCUT2D eigenvalue weighted by atomic mass is 16.5. The summed E-state index contributed by atoms with van der Waals surface area (Å²) in [6, 6.07) is 0. The number of aliphatic carboxylic acids is 1. The first kappa shape index (κ1) is 13.7. The van der Waals surface area contributed by atoms with Gasteiger partial charge in [-0.05, 0) is 6.92 Å². The molecule has 1 rings (SSSR count). The maximum Gasteiger partial charge on any atom is 0.326 e. The highest BCUT2D eigenvalue weighted by molar-refractivity contribution is 5.78. The van der Waals surface area contributed by atoms with Crippen LogP contribution in [0.1, 0.15) is 12.7 Å². The largest absolute Gasteiger partial charge is 0.480 e. The van der Waals surface area contributed by atoms with Gasteiger partial charge in [0.2, 0.25) is 0 Å². The number of methoxy groups -OCH3 is 1. The van der Waals surface area contributed by atoms with Crippen LogP contribution in [0.2, 0.25) is 0 Å². The summed E-state index contributed by atoms with van der Waals surface area (Å²) in [5.74, 6) is 0.00171. The molecule has 0 radical (unpaired) electrons. The summed E-state index contributed by atoms with van der Waals surface area (Å²) < 4.78 is 6.83. The van der Waals surface area contributed by atoms with Crippen molar-refractivity contribution in [3.63, 3.8) is 0 Å². The molecule has 0 aliphatic rings. The molecule has 0 saturated heterocycles. The molecular formula is C11H19N3O3. The molecule has 0 saturated carbocycles. The minimum Gasteiger partial charge on any atom is -0.480 e. The number of nitrogens with one attached hydrogen (secondary N) is 1. The van der Waals surface area contributed by atoms with Crippen molar-refractivity contribution < 1.29 is 14.6 Å². The van der Waals surface area contributed by atoms with E-state index in [2.05, 4.69) is 10.3 Å². The van der Waals surface area contributed by atoms with Crippen molar-refractivity contribution in [2.75, 3.05) is 20.3 Å². The van der Waals surface area contributed by atoms with Crippen molar-refractivity contribution >= 4 is 5.97 Å². The molecule has 0 spiro atoms. The Labute approximate surface area is 101 Å². The van der Waals surface area contributed by atoms with E-state index in [1.165, 1.54) is 7.11 Å². The summed E-state index contributed by atoms with van der Waals surface area (Å²) in [5, 5.41) is 12.1. The Morgan fingerprint density at radius 2 is 2.41 bits per heavy atom. The van der Waals surface area contributed by atoms with E-state index in [1.807, 2.05) is 17.8 Å². The summed E-state index contributed by atoms with van der Waals surface area (Å²) in [4.78, 5) is 15.3. The van der Waals surface area contributed by atoms with Crippen LogP contribution in [0.3, 0.4) is 0 Å². The Hall–Kier alpha value is -1.40. The average Bonchev–Trinajstić information content (AvgIpc) is 2.65. The smallest absolute Gasteiger partial charge is 0.326 e. The van der Waals surface area contributed by atoms with E-state index in [4.69, 9.17) is 9.84 Å². The molecule has 17 heavy (non-hydrogen) atoms. The molecule has 1 aromatic heterocycles. The van der Waals surface area contributed by atoms with E-state index >= 15 is 0 Å². The van der Waals surface area contributed by atoms with E-state index in [0.29, 0.717) is 13.0 Å². The van der Waals surface area contributed by atoms with Gasteiger partial charge >= 0.3 is 5.97 Å². The first-order valence-electron chi connectivity index (χ1n) is 5.43. The van der Waals surface area contributed by atoms with Gasteiger partial charge < -0.3 is 14.4 Å². The van der Waals surface area contributed by atoms with E-state index in [-0.39, 0.29) is 6.61 Å². The number of aryl methyl sites for hydroxylation is 1. The van der Waals surface area contributed by atoms with Gasteiger partial charge in [-0.1, -0.05) is 0 Å². The topological polar surface area (TPSA) is 76.4 Å². The number of carboxylic acid groups (broad SMARTS) is 1. The van der Waals surface area contributed by atoms with Crippen molar-refractivity contribution in [3.8, 4) is 0 Å². The lowest BCUT2D eigenvalue weighted by Gasteiger charge is -2.25. The minimum absolute atomic E-state index is 0.128. The Morgan fingerprint density at radius 3 is 2.88 bits per heavy atom. The molecule has 96 valence electrons. The first-order chi connectivity index (χ1) is 7.99. The fourth-order valence-corrected chi connectivity index (χ4v) is 1.56. The minimum atomic E-state index is -1.06. The number of ether oxygens (including phenoxy) is 1. The lowest BCUT2D eigenvalue weighted by molar-refractivity contribution is -0.146. The fourth-order valence-electron chi connectivity index (χ4n) is 1.56. The number of hydrogen-bond donors (Lipinski definition) is 2. The fraction of sp³-hybridized carbons (Fsp3) is 0.636. The predicted octanol–water partition coefficient (Wildman–Crippen LogP) is 0.0419. The molecule has 0 amide bonds. The summed E-state index contributed by atoms with van der Waals surface area (Å²) in [6.07, 6.45) is 4.26. The van der Waals surface area contributed by atoms with Crippen LogP contribution in [0.4, 0.5) is 0 Å². The van der Waals surface area contributed by atoms with Crippen molar-refractivity contribution in [2.45, 2.75) is 18.9 Å². The highest BCUT2D eigenvalue weighted by Crippen LogP contribution is 2.05. The normalized spacial score (nSPS) is 14.5. The van der Waals surface area contributed by atoms with Gasteiger partial charge in [0, 0.05) is 39.5 Å². The Kier molecular flexibility index (Phi) is 4.65. The van der Waals surface area contributed by atoms with Gasteiger partial charge in [-0.3, -0.25) is 10.1 Å². The van der Waals surface area contributed by atoms with Gasteiger partial charge in [0.05, 0.1) is 6.61 Å². The molecule has 0 aromatic carbocycles.